The maximum Gasteiger partial charge on any atom is 0.216 e. The van der Waals surface area contributed by atoms with Gasteiger partial charge in [0.1, 0.15) is 0 Å². The van der Waals surface area contributed by atoms with Crippen molar-refractivity contribution in [3.8, 4) is 0 Å². The van der Waals surface area contributed by atoms with Crippen LogP contribution < -0.4 is 10.5 Å². The van der Waals surface area contributed by atoms with Gasteiger partial charge < -0.3 is 5.73 Å². The Kier molecular flexibility index (Phi) is 5.77. The van der Waals surface area contributed by atoms with Gasteiger partial charge in [-0.3, -0.25) is 0 Å². The monoisotopic (exact) mass is 236 g/mol. The van der Waals surface area contributed by atoms with Gasteiger partial charge in [-0.2, -0.15) is 0 Å². The van der Waals surface area contributed by atoms with E-state index in [0.717, 1.165) is 12.8 Å². The van der Waals surface area contributed by atoms with Gasteiger partial charge in [0.05, 0.1) is 5.25 Å². The van der Waals surface area contributed by atoms with E-state index in [9.17, 15) is 8.42 Å². The predicted molar refractivity (Wildman–Crippen MR) is 64.2 cm³/mol. The lowest BCUT2D eigenvalue weighted by atomic mass is 10.0. The minimum Gasteiger partial charge on any atom is -0.329 e. The quantitative estimate of drug-likeness (QED) is 0.698. The van der Waals surface area contributed by atoms with E-state index in [2.05, 4.69) is 4.72 Å². The highest BCUT2D eigenvalue weighted by molar-refractivity contribution is 7.90. The van der Waals surface area contributed by atoms with Crippen LogP contribution in [-0.2, 0) is 10.0 Å². The Balaban J connectivity index is 4.63. The number of sulfonamides is 1. The summed E-state index contributed by atoms with van der Waals surface area (Å²) in [7, 11) is -3.28. The fourth-order valence-corrected chi connectivity index (χ4v) is 3.39. The molecule has 92 valence electrons. The van der Waals surface area contributed by atoms with Crippen molar-refractivity contribution in [3.63, 3.8) is 0 Å². The lowest BCUT2D eigenvalue weighted by molar-refractivity contribution is 0.414. The van der Waals surface area contributed by atoms with E-state index in [1.807, 2.05) is 27.7 Å². The molecule has 0 bridgehead atoms. The van der Waals surface area contributed by atoms with E-state index in [4.69, 9.17) is 5.73 Å². The molecule has 0 aliphatic heterocycles. The molecule has 0 aromatic carbocycles. The van der Waals surface area contributed by atoms with Gasteiger partial charge in [-0.15, -0.1) is 0 Å². The third-order valence-electron chi connectivity index (χ3n) is 2.45. The van der Waals surface area contributed by atoms with Crippen LogP contribution in [0.2, 0.25) is 0 Å². The summed E-state index contributed by atoms with van der Waals surface area (Å²) in [5.74, 6) is 0. The Labute approximate surface area is 93.7 Å². The molecule has 1 atom stereocenters. The third kappa shape index (κ3) is 4.95. The normalized spacial score (nSPS) is 15.3. The molecule has 0 aliphatic rings. The fraction of sp³-hybridized carbons (Fsp3) is 1.00. The standard InChI is InChI=1S/C10H24N2O2S/c1-5-7-10(3,4)12-15(13,14)9(6-2)8-11/h9,12H,5-8,11H2,1-4H3. The van der Waals surface area contributed by atoms with E-state index in [-0.39, 0.29) is 12.1 Å². The second-order valence-corrected chi connectivity index (χ2v) is 6.51. The number of nitrogens with one attached hydrogen (secondary N) is 1. The summed E-state index contributed by atoms with van der Waals surface area (Å²) in [6, 6.07) is 0. The zero-order valence-electron chi connectivity index (χ0n) is 10.2. The topological polar surface area (TPSA) is 72.2 Å². The van der Waals surface area contributed by atoms with Gasteiger partial charge in [0.25, 0.3) is 0 Å². The van der Waals surface area contributed by atoms with Crippen molar-refractivity contribution in [1.82, 2.24) is 4.72 Å². The van der Waals surface area contributed by atoms with Crippen molar-refractivity contribution in [3.05, 3.63) is 0 Å². The average Bonchev–Trinajstić information content (AvgIpc) is 2.02. The van der Waals surface area contributed by atoms with Gasteiger partial charge >= 0.3 is 0 Å². The summed E-state index contributed by atoms with van der Waals surface area (Å²) in [5, 5.41) is -0.478. The highest BCUT2D eigenvalue weighted by atomic mass is 32.2. The second-order valence-electron chi connectivity index (χ2n) is 4.55. The van der Waals surface area contributed by atoms with Crippen LogP contribution in [0.25, 0.3) is 0 Å². The lowest BCUT2D eigenvalue weighted by Gasteiger charge is -2.27. The maximum atomic E-state index is 11.9. The minimum atomic E-state index is -3.28. The van der Waals surface area contributed by atoms with Crippen molar-refractivity contribution in [1.29, 1.82) is 0 Å². The summed E-state index contributed by atoms with van der Waals surface area (Å²) in [6.07, 6.45) is 2.33. The highest BCUT2D eigenvalue weighted by Crippen LogP contribution is 2.15. The van der Waals surface area contributed by atoms with Crippen molar-refractivity contribution >= 4 is 10.0 Å². The molecular weight excluding hydrogens is 212 g/mol. The van der Waals surface area contributed by atoms with Gasteiger partial charge in [-0.25, -0.2) is 13.1 Å². The molecule has 0 saturated heterocycles. The van der Waals surface area contributed by atoms with Gasteiger partial charge in [0.15, 0.2) is 0 Å². The minimum absolute atomic E-state index is 0.175. The van der Waals surface area contributed by atoms with Crippen LogP contribution >= 0.6 is 0 Å². The van der Waals surface area contributed by atoms with E-state index in [1.165, 1.54) is 0 Å². The largest absolute Gasteiger partial charge is 0.329 e. The number of nitrogens with two attached hydrogens (primary N) is 1. The van der Waals surface area contributed by atoms with E-state index in [0.29, 0.717) is 6.42 Å². The molecule has 15 heavy (non-hydrogen) atoms. The molecule has 0 aliphatic carbocycles. The molecule has 0 radical (unpaired) electrons. The van der Waals surface area contributed by atoms with Gasteiger partial charge in [0.2, 0.25) is 10.0 Å². The van der Waals surface area contributed by atoms with Gasteiger partial charge in [-0.05, 0) is 26.7 Å². The molecule has 0 fully saturated rings. The smallest absolute Gasteiger partial charge is 0.216 e. The molecule has 0 aromatic rings. The van der Waals surface area contributed by atoms with Gasteiger partial charge in [0, 0.05) is 12.1 Å². The molecule has 4 nitrogen and oxygen atoms in total. The molecular formula is C10H24N2O2S. The summed E-state index contributed by atoms with van der Waals surface area (Å²) >= 11 is 0. The number of hydrogen-bond donors (Lipinski definition) is 2. The molecule has 3 N–H and O–H groups in total. The van der Waals surface area contributed by atoms with Crippen LogP contribution in [0.5, 0.6) is 0 Å². The van der Waals surface area contributed by atoms with Crippen LogP contribution in [0.3, 0.4) is 0 Å². The zero-order valence-corrected chi connectivity index (χ0v) is 11.0. The Morgan fingerprint density at radius 1 is 1.33 bits per heavy atom. The summed E-state index contributed by atoms with van der Waals surface area (Å²) in [4.78, 5) is 0. The third-order valence-corrected chi connectivity index (χ3v) is 4.69. The maximum absolute atomic E-state index is 11.9. The number of rotatable bonds is 7. The average molecular weight is 236 g/mol. The van der Waals surface area contributed by atoms with Crippen LogP contribution in [-0.4, -0.2) is 25.8 Å². The van der Waals surface area contributed by atoms with Crippen LogP contribution in [0.4, 0.5) is 0 Å². The van der Waals surface area contributed by atoms with Crippen molar-refractivity contribution in [2.75, 3.05) is 6.54 Å². The molecule has 0 amide bonds. The summed E-state index contributed by atoms with van der Waals surface area (Å²) < 4.78 is 26.5. The van der Waals surface area contributed by atoms with Gasteiger partial charge in [-0.1, -0.05) is 20.3 Å². The fourth-order valence-electron chi connectivity index (χ4n) is 1.66. The molecule has 0 heterocycles. The Morgan fingerprint density at radius 3 is 2.20 bits per heavy atom. The summed E-state index contributed by atoms with van der Waals surface area (Å²) in [5.41, 5.74) is 5.06. The Morgan fingerprint density at radius 2 is 1.87 bits per heavy atom. The van der Waals surface area contributed by atoms with Crippen molar-refractivity contribution < 1.29 is 8.42 Å². The molecule has 0 rings (SSSR count). The number of hydrogen-bond acceptors (Lipinski definition) is 3. The molecule has 1 unspecified atom stereocenters. The molecule has 0 spiro atoms. The second kappa shape index (κ2) is 5.82. The van der Waals surface area contributed by atoms with Crippen LogP contribution in [0.15, 0.2) is 0 Å². The predicted octanol–water partition coefficient (Wildman–Crippen LogP) is 1.22. The SMILES string of the molecule is CCCC(C)(C)NS(=O)(=O)C(CC)CN. The molecule has 5 heteroatoms. The Hall–Kier alpha value is -0.130. The van der Waals surface area contributed by atoms with Crippen molar-refractivity contribution in [2.45, 2.75) is 57.7 Å². The lowest BCUT2D eigenvalue weighted by Crippen LogP contribution is -2.48. The molecule has 0 saturated carbocycles. The first kappa shape index (κ1) is 14.9. The van der Waals surface area contributed by atoms with E-state index >= 15 is 0 Å². The van der Waals surface area contributed by atoms with Crippen LogP contribution in [0, 0.1) is 0 Å². The van der Waals surface area contributed by atoms with Crippen LogP contribution in [0.1, 0.15) is 47.0 Å². The zero-order chi connectivity index (χ0) is 12.1. The first-order valence-corrected chi connectivity index (χ1v) is 7.06. The summed E-state index contributed by atoms with van der Waals surface area (Å²) in [6.45, 7) is 7.85. The Bertz CT molecular complexity index is 269. The first-order chi connectivity index (χ1) is 6.79. The highest BCUT2D eigenvalue weighted by Gasteiger charge is 2.29. The first-order valence-electron chi connectivity index (χ1n) is 5.52. The molecule has 0 aromatic heterocycles. The van der Waals surface area contributed by atoms with Crippen molar-refractivity contribution in [2.24, 2.45) is 5.73 Å². The van der Waals surface area contributed by atoms with E-state index < -0.39 is 15.3 Å². The van der Waals surface area contributed by atoms with E-state index in [1.54, 1.807) is 0 Å².